The second kappa shape index (κ2) is 12.2. The van der Waals surface area contributed by atoms with Crippen LogP contribution in [0.1, 0.15) is 27.7 Å². The predicted molar refractivity (Wildman–Crippen MR) is 118 cm³/mol. The summed E-state index contributed by atoms with van der Waals surface area (Å²) in [7, 11) is 1.56. The fourth-order valence-electron chi connectivity index (χ4n) is 3.45. The highest BCUT2D eigenvalue weighted by molar-refractivity contribution is 5.89. The number of aliphatic hydroxyl groups is 1. The van der Waals surface area contributed by atoms with Gasteiger partial charge in [0.15, 0.2) is 0 Å². The SMILES string of the molecule is CC(C)OCCOC[C@H](O)CN(C)C(=O)Nc1ccc(N2C[C@H](C)O[C@@H](C)C2)c(F)c1. The maximum absolute atomic E-state index is 14.7. The number of rotatable bonds is 10. The van der Waals surface area contributed by atoms with E-state index in [9.17, 15) is 14.3 Å². The number of nitrogens with one attached hydrogen (secondary N) is 1. The molecule has 1 aliphatic heterocycles. The molecule has 3 atom stereocenters. The summed E-state index contributed by atoms with van der Waals surface area (Å²) in [5, 5.41) is 12.7. The van der Waals surface area contributed by atoms with Gasteiger partial charge in [-0.3, -0.25) is 0 Å². The number of morpholine rings is 1. The summed E-state index contributed by atoms with van der Waals surface area (Å²) < 4.78 is 31.1. The van der Waals surface area contributed by atoms with Crippen LogP contribution in [-0.2, 0) is 14.2 Å². The molecule has 8 nitrogen and oxygen atoms in total. The van der Waals surface area contributed by atoms with Crippen LogP contribution in [0.25, 0.3) is 0 Å². The molecule has 9 heteroatoms. The van der Waals surface area contributed by atoms with Gasteiger partial charge in [0, 0.05) is 25.8 Å². The van der Waals surface area contributed by atoms with Crippen molar-refractivity contribution in [2.75, 3.05) is 56.7 Å². The van der Waals surface area contributed by atoms with Crippen LogP contribution in [0.3, 0.4) is 0 Å². The molecular weight excluding hydrogens is 405 g/mol. The number of likely N-dealkylation sites (N-methyl/N-ethyl adjacent to an activating group) is 1. The van der Waals surface area contributed by atoms with Crippen LogP contribution < -0.4 is 10.2 Å². The number of urea groups is 1. The zero-order valence-electron chi connectivity index (χ0n) is 19.1. The molecule has 2 amide bonds. The summed E-state index contributed by atoms with van der Waals surface area (Å²) in [4.78, 5) is 15.7. The maximum atomic E-state index is 14.7. The van der Waals surface area contributed by atoms with Gasteiger partial charge in [0.05, 0.1) is 56.5 Å². The normalized spacial score (nSPS) is 20.1. The summed E-state index contributed by atoms with van der Waals surface area (Å²) in [5.41, 5.74) is 0.839. The van der Waals surface area contributed by atoms with Gasteiger partial charge in [0.2, 0.25) is 0 Å². The first kappa shape index (κ1) is 25.3. The zero-order chi connectivity index (χ0) is 23.0. The van der Waals surface area contributed by atoms with E-state index in [0.717, 1.165) is 0 Å². The van der Waals surface area contributed by atoms with Crippen LogP contribution in [0.5, 0.6) is 0 Å². The fraction of sp³-hybridized carbons (Fsp3) is 0.682. The number of nitrogens with zero attached hydrogens (tertiary/aromatic N) is 2. The summed E-state index contributed by atoms with van der Waals surface area (Å²) in [6.07, 6.45) is -0.661. The molecule has 1 aliphatic rings. The number of aliphatic hydroxyl groups excluding tert-OH is 1. The highest BCUT2D eigenvalue weighted by atomic mass is 19.1. The second-order valence-corrected chi connectivity index (χ2v) is 8.29. The van der Waals surface area contributed by atoms with Crippen molar-refractivity contribution in [3.63, 3.8) is 0 Å². The lowest BCUT2D eigenvalue weighted by atomic mass is 10.2. The Labute approximate surface area is 184 Å². The fourth-order valence-corrected chi connectivity index (χ4v) is 3.45. The summed E-state index contributed by atoms with van der Waals surface area (Å²) in [5.74, 6) is -0.404. The number of carbonyl (C=O) groups excluding carboxylic acids is 1. The molecule has 0 aromatic heterocycles. The highest BCUT2D eigenvalue weighted by Crippen LogP contribution is 2.26. The van der Waals surface area contributed by atoms with Crippen LogP contribution in [0.4, 0.5) is 20.6 Å². The molecule has 1 aromatic carbocycles. The summed E-state index contributed by atoms with van der Waals surface area (Å²) in [6, 6.07) is 4.20. The monoisotopic (exact) mass is 441 g/mol. The molecule has 1 heterocycles. The molecule has 0 aliphatic carbocycles. The number of ether oxygens (including phenoxy) is 3. The number of halogens is 1. The lowest BCUT2D eigenvalue weighted by molar-refractivity contribution is -0.0144. The molecule has 2 rings (SSSR count). The number of anilines is 2. The largest absolute Gasteiger partial charge is 0.389 e. The molecular formula is C22H36FN3O5. The third kappa shape index (κ3) is 8.60. The first-order valence-corrected chi connectivity index (χ1v) is 10.7. The molecule has 0 saturated carbocycles. The van der Waals surface area contributed by atoms with Gasteiger partial charge >= 0.3 is 6.03 Å². The Morgan fingerprint density at radius 1 is 1.32 bits per heavy atom. The van der Waals surface area contributed by atoms with E-state index >= 15 is 0 Å². The van der Waals surface area contributed by atoms with Gasteiger partial charge in [-0.15, -0.1) is 0 Å². The van der Waals surface area contributed by atoms with Crippen molar-refractivity contribution in [2.24, 2.45) is 0 Å². The molecule has 1 fully saturated rings. The van der Waals surface area contributed by atoms with E-state index in [1.807, 2.05) is 32.6 Å². The Balaban J connectivity index is 1.81. The number of hydrogen-bond acceptors (Lipinski definition) is 6. The highest BCUT2D eigenvalue weighted by Gasteiger charge is 2.24. The lowest BCUT2D eigenvalue weighted by Gasteiger charge is -2.37. The Bertz CT molecular complexity index is 696. The van der Waals surface area contributed by atoms with E-state index in [4.69, 9.17) is 14.2 Å². The van der Waals surface area contributed by atoms with E-state index in [2.05, 4.69) is 5.32 Å². The van der Waals surface area contributed by atoms with E-state index in [-0.39, 0.29) is 31.5 Å². The molecule has 0 radical (unpaired) electrons. The van der Waals surface area contributed by atoms with Gasteiger partial charge in [-0.25, -0.2) is 9.18 Å². The lowest BCUT2D eigenvalue weighted by Crippen LogP contribution is -2.45. The molecule has 0 bridgehead atoms. The third-order valence-electron chi connectivity index (χ3n) is 4.78. The van der Waals surface area contributed by atoms with Crippen molar-refractivity contribution in [2.45, 2.75) is 52.1 Å². The van der Waals surface area contributed by atoms with Crippen molar-refractivity contribution in [3.05, 3.63) is 24.0 Å². The average Bonchev–Trinajstić information content (AvgIpc) is 2.66. The number of hydrogen-bond donors (Lipinski definition) is 2. The van der Waals surface area contributed by atoms with Crippen molar-refractivity contribution in [3.8, 4) is 0 Å². The van der Waals surface area contributed by atoms with E-state index < -0.39 is 18.0 Å². The minimum atomic E-state index is -0.834. The van der Waals surface area contributed by atoms with Gasteiger partial charge in [-0.05, 0) is 45.9 Å². The molecule has 176 valence electrons. The van der Waals surface area contributed by atoms with E-state index in [1.54, 1.807) is 19.2 Å². The molecule has 1 saturated heterocycles. The number of benzene rings is 1. The smallest absolute Gasteiger partial charge is 0.321 e. The Morgan fingerprint density at radius 2 is 2.00 bits per heavy atom. The topological polar surface area (TPSA) is 83.5 Å². The Morgan fingerprint density at radius 3 is 2.61 bits per heavy atom. The second-order valence-electron chi connectivity index (χ2n) is 8.29. The van der Waals surface area contributed by atoms with Crippen LogP contribution >= 0.6 is 0 Å². The van der Waals surface area contributed by atoms with E-state index in [0.29, 0.717) is 37.7 Å². The van der Waals surface area contributed by atoms with Gasteiger partial charge in [-0.1, -0.05) is 0 Å². The van der Waals surface area contributed by atoms with Crippen LogP contribution in [0.2, 0.25) is 0 Å². The molecule has 0 unspecified atom stereocenters. The van der Waals surface area contributed by atoms with Crippen LogP contribution in [0, 0.1) is 5.82 Å². The minimum Gasteiger partial charge on any atom is -0.389 e. The quantitative estimate of drug-likeness (QED) is 0.543. The van der Waals surface area contributed by atoms with Gasteiger partial charge in [0.25, 0.3) is 0 Å². The van der Waals surface area contributed by atoms with Crippen LogP contribution in [0.15, 0.2) is 18.2 Å². The number of carbonyl (C=O) groups is 1. The van der Waals surface area contributed by atoms with Gasteiger partial charge in [0.1, 0.15) is 5.82 Å². The van der Waals surface area contributed by atoms with Crippen molar-refractivity contribution in [1.29, 1.82) is 0 Å². The maximum Gasteiger partial charge on any atom is 0.321 e. The summed E-state index contributed by atoms with van der Waals surface area (Å²) >= 11 is 0. The predicted octanol–water partition coefficient (Wildman–Crippen LogP) is 2.71. The van der Waals surface area contributed by atoms with Crippen molar-refractivity contribution in [1.82, 2.24) is 4.90 Å². The van der Waals surface area contributed by atoms with E-state index in [1.165, 1.54) is 11.0 Å². The van der Waals surface area contributed by atoms with Crippen molar-refractivity contribution >= 4 is 17.4 Å². The molecule has 0 spiro atoms. The van der Waals surface area contributed by atoms with Gasteiger partial charge in [-0.2, -0.15) is 0 Å². The Kier molecular flexibility index (Phi) is 9.95. The zero-order valence-corrected chi connectivity index (χ0v) is 19.1. The number of amides is 2. The van der Waals surface area contributed by atoms with Crippen molar-refractivity contribution < 1.29 is 28.5 Å². The summed E-state index contributed by atoms with van der Waals surface area (Å²) in [6.45, 7) is 10.0. The average molecular weight is 442 g/mol. The first-order valence-electron chi connectivity index (χ1n) is 10.7. The third-order valence-corrected chi connectivity index (χ3v) is 4.78. The molecule has 31 heavy (non-hydrogen) atoms. The molecule has 2 N–H and O–H groups in total. The Hall–Kier alpha value is -1.94. The minimum absolute atomic E-state index is 0.0225. The standard InChI is InChI=1S/C22H36FN3O5/c1-15(2)30-9-8-29-14-19(27)13-25(5)22(28)24-18-6-7-21(20(23)10-18)26-11-16(3)31-17(4)12-26/h6-7,10,15-17,19,27H,8-9,11-14H2,1-5H3,(H,24,28)/t16-,17-,19+/m0/s1. The molecule has 1 aromatic rings. The van der Waals surface area contributed by atoms with Crippen LogP contribution in [-0.4, -0.2) is 87.0 Å². The van der Waals surface area contributed by atoms with Gasteiger partial charge < -0.3 is 34.4 Å². The first-order chi connectivity index (χ1) is 14.7.